The fourth-order valence-corrected chi connectivity index (χ4v) is 2.06. The molecule has 2 atom stereocenters. The van der Waals surface area contributed by atoms with E-state index in [-0.39, 0.29) is 25.3 Å². The molecular formula is C15H21NO6. The molecule has 0 aliphatic heterocycles. The van der Waals surface area contributed by atoms with Crippen molar-refractivity contribution >= 4 is 11.9 Å². The second kappa shape index (κ2) is 8.35. The highest BCUT2D eigenvalue weighted by Crippen LogP contribution is 2.29. The molecule has 0 aromatic heterocycles. The number of carboxylic acid groups (broad SMARTS) is 1. The number of hydrogen-bond acceptors (Lipinski definition) is 5. The summed E-state index contributed by atoms with van der Waals surface area (Å²) >= 11 is 0. The van der Waals surface area contributed by atoms with E-state index in [1.807, 2.05) is 0 Å². The molecule has 0 saturated heterocycles. The van der Waals surface area contributed by atoms with E-state index in [4.69, 9.17) is 9.84 Å². The van der Waals surface area contributed by atoms with Crippen molar-refractivity contribution < 1.29 is 29.6 Å². The van der Waals surface area contributed by atoms with Gasteiger partial charge in [-0.3, -0.25) is 9.59 Å². The van der Waals surface area contributed by atoms with Crippen LogP contribution in [0.15, 0.2) is 18.2 Å². The smallest absolute Gasteiger partial charge is 0.307 e. The van der Waals surface area contributed by atoms with Crippen LogP contribution >= 0.6 is 0 Å². The molecule has 0 spiro atoms. The van der Waals surface area contributed by atoms with Crippen molar-refractivity contribution in [1.29, 1.82) is 0 Å². The van der Waals surface area contributed by atoms with Gasteiger partial charge in [-0.25, -0.2) is 0 Å². The van der Waals surface area contributed by atoms with Crippen molar-refractivity contribution in [3.8, 4) is 5.75 Å². The van der Waals surface area contributed by atoms with Gasteiger partial charge in [-0.1, -0.05) is 6.07 Å². The van der Waals surface area contributed by atoms with E-state index in [1.54, 1.807) is 12.1 Å². The van der Waals surface area contributed by atoms with Crippen LogP contribution in [0.3, 0.4) is 0 Å². The molecule has 1 aromatic carbocycles. The minimum Gasteiger partial charge on any atom is -0.496 e. The topological polar surface area (TPSA) is 116 Å². The fourth-order valence-electron chi connectivity index (χ4n) is 2.06. The van der Waals surface area contributed by atoms with Crippen molar-refractivity contribution in [2.75, 3.05) is 13.7 Å². The molecule has 0 aliphatic rings. The summed E-state index contributed by atoms with van der Waals surface area (Å²) in [6.07, 6.45) is -2.38. The molecule has 1 rings (SSSR count). The van der Waals surface area contributed by atoms with Crippen LogP contribution in [0.2, 0.25) is 0 Å². The summed E-state index contributed by atoms with van der Waals surface area (Å²) in [5.74, 6) is -0.847. The molecule has 0 aliphatic carbocycles. The number of carbonyl (C=O) groups excluding carboxylic acids is 1. The number of aliphatic hydroxyl groups excluding tert-OH is 2. The second-order valence-electron chi connectivity index (χ2n) is 4.93. The van der Waals surface area contributed by atoms with Crippen molar-refractivity contribution in [3.05, 3.63) is 29.3 Å². The third-order valence-corrected chi connectivity index (χ3v) is 3.15. The van der Waals surface area contributed by atoms with Gasteiger partial charge in [0.25, 0.3) is 0 Å². The number of aliphatic carboxylic acids is 1. The van der Waals surface area contributed by atoms with Gasteiger partial charge in [0.1, 0.15) is 11.9 Å². The number of hydrogen-bond donors (Lipinski definition) is 4. The lowest BCUT2D eigenvalue weighted by atomic mass is 9.98. The van der Waals surface area contributed by atoms with Gasteiger partial charge in [-0.15, -0.1) is 0 Å². The maximum atomic E-state index is 10.8. The molecule has 0 saturated carbocycles. The Labute approximate surface area is 128 Å². The van der Waals surface area contributed by atoms with Gasteiger partial charge in [-0.2, -0.15) is 0 Å². The van der Waals surface area contributed by atoms with Gasteiger partial charge in [0.05, 0.1) is 19.6 Å². The molecule has 4 N–H and O–H groups in total. The predicted molar refractivity (Wildman–Crippen MR) is 78.6 cm³/mol. The van der Waals surface area contributed by atoms with Gasteiger partial charge in [0.2, 0.25) is 5.91 Å². The zero-order chi connectivity index (χ0) is 16.7. The minimum absolute atomic E-state index is 0.160. The van der Waals surface area contributed by atoms with Crippen molar-refractivity contribution in [2.45, 2.75) is 32.0 Å². The Bertz CT molecular complexity index is 531. The Morgan fingerprint density at radius 3 is 2.55 bits per heavy atom. The van der Waals surface area contributed by atoms with Crippen LogP contribution in [0.5, 0.6) is 5.75 Å². The Morgan fingerprint density at radius 2 is 2.00 bits per heavy atom. The molecule has 7 nitrogen and oxygen atoms in total. The number of ether oxygens (including phenoxy) is 1. The predicted octanol–water partition coefficient (Wildman–Crippen LogP) is 0.243. The van der Waals surface area contributed by atoms with Crippen LogP contribution in [-0.2, 0) is 16.0 Å². The summed E-state index contributed by atoms with van der Waals surface area (Å²) in [6.45, 7) is 1.59. The summed E-state index contributed by atoms with van der Waals surface area (Å²) in [4.78, 5) is 21.5. The zero-order valence-corrected chi connectivity index (χ0v) is 12.6. The SMILES string of the molecule is COc1ccc(CC(=O)O)cc1C(O)C(O)CCNC(C)=O. The van der Waals surface area contributed by atoms with E-state index < -0.39 is 18.2 Å². The first-order chi connectivity index (χ1) is 10.3. The molecule has 0 fully saturated rings. The van der Waals surface area contributed by atoms with E-state index in [9.17, 15) is 19.8 Å². The Balaban J connectivity index is 2.86. The normalized spacial score (nSPS) is 13.3. The lowest BCUT2D eigenvalue weighted by Crippen LogP contribution is -2.27. The van der Waals surface area contributed by atoms with Crippen molar-refractivity contribution in [3.63, 3.8) is 0 Å². The summed E-state index contributed by atoms with van der Waals surface area (Å²) in [6, 6.07) is 4.64. The van der Waals surface area contributed by atoms with Crippen LogP contribution in [0.1, 0.15) is 30.6 Å². The second-order valence-corrected chi connectivity index (χ2v) is 4.93. The van der Waals surface area contributed by atoms with E-state index in [0.717, 1.165) is 0 Å². The monoisotopic (exact) mass is 311 g/mol. The number of nitrogens with one attached hydrogen (secondary N) is 1. The van der Waals surface area contributed by atoms with Gasteiger partial charge in [0.15, 0.2) is 0 Å². The summed E-state index contributed by atoms with van der Waals surface area (Å²) in [5.41, 5.74) is 0.813. The number of aliphatic hydroxyl groups is 2. The van der Waals surface area contributed by atoms with Crippen molar-refractivity contribution in [2.24, 2.45) is 0 Å². The highest BCUT2D eigenvalue weighted by Gasteiger charge is 2.22. The van der Waals surface area contributed by atoms with E-state index in [2.05, 4.69) is 5.32 Å². The zero-order valence-electron chi connectivity index (χ0n) is 12.6. The first-order valence-electron chi connectivity index (χ1n) is 6.84. The highest BCUT2D eigenvalue weighted by molar-refractivity contribution is 5.72. The average Bonchev–Trinajstić information content (AvgIpc) is 2.45. The summed E-state index contributed by atoms with van der Waals surface area (Å²) in [5, 5.41) is 31.6. The van der Waals surface area contributed by atoms with Crippen LogP contribution in [-0.4, -0.2) is 47.0 Å². The number of benzene rings is 1. The third-order valence-electron chi connectivity index (χ3n) is 3.15. The Hall–Kier alpha value is -2.12. The van der Waals surface area contributed by atoms with Gasteiger partial charge in [0, 0.05) is 19.0 Å². The lowest BCUT2D eigenvalue weighted by molar-refractivity contribution is -0.136. The first-order valence-corrected chi connectivity index (χ1v) is 6.84. The molecular weight excluding hydrogens is 290 g/mol. The number of methoxy groups -OCH3 is 1. The van der Waals surface area contributed by atoms with Crippen LogP contribution in [0, 0.1) is 0 Å². The minimum atomic E-state index is -1.24. The molecule has 7 heteroatoms. The fraction of sp³-hybridized carbons (Fsp3) is 0.467. The van der Waals surface area contributed by atoms with E-state index >= 15 is 0 Å². The molecule has 0 bridgehead atoms. The largest absolute Gasteiger partial charge is 0.496 e. The van der Waals surface area contributed by atoms with Gasteiger partial charge >= 0.3 is 5.97 Å². The molecule has 0 heterocycles. The molecule has 1 amide bonds. The van der Waals surface area contributed by atoms with Gasteiger partial charge < -0.3 is 25.4 Å². The Kier molecular flexibility index (Phi) is 6.81. The first kappa shape index (κ1) is 17.9. The van der Waals surface area contributed by atoms with Crippen LogP contribution in [0.25, 0.3) is 0 Å². The summed E-state index contributed by atoms with van der Waals surface area (Å²) < 4.78 is 5.13. The molecule has 22 heavy (non-hydrogen) atoms. The number of amides is 1. The number of rotatable bonds is 8. The quantitative estimate of drug-likeness (QED) is 0.546. The molecule has 1 aromatic rings. The van der Waals surface area contributed by atoms with E-state index in [0.29, 0.717) is 16.9 Å². The molecule has 122 valence electrons. The Morgan fingerprint density at radius 1 is 1.32 bits per heavy atom. The molecule has 0 radical (unpaired) electrons. The average molecular weight is 311 g/mol. The number of carboxylic acids is 1. The molecule has 2 unspecified atom stereocenters. The maximum Gasteiger partial charge on any atom is 0.307 e. The van der Waals surface area contributed by atoms with Crippen molar-refractivity contribution in [1.82, 2.24) is 5.32 Å². The third kappa shape index (κ3) is 5.34. The van der Waals surface area contributed by atoms with Crippen LogP contribution < -0.4 is 10.1 Å². The highest BCUT2D eigenvalue weighted by atomic mass is 16.5. The van der Waals surface area contributed by atoms with Gasteiger partial charge in [-0.05, 0) is 24.1 Å². The van der Waals surface area contributed by atoms with E-state index in [1.165, 1.54) is 20.1 Å². The number of carbonyl (C=O) groups is 2. The maximum absolute atomic E-state index is 10.8. The summed E-state index contributed by atoms with van der Waals surface area (Å²) in [7, 11) is 1.42. The van der Waals surface area contributed by atoms with Crippen LogP contribution in [0.4, 0.5) is 0 Å². The standard InChI is InChI=1S/C15H21NO6/c1-9(17)16-6-5-12(18)15(21)11-7-10(8-14(19)20)3-4-13(11)22-2/h3-4,7,12,15,18,21H,5-6,8H2,1-2H3,(H,16,17)(H,19,20). The lowest BCUT2D eigenvalue weighted by Gasteiger charge is -2.21.